The van der Waals surface area contributed by atoms with Crippen LogP contribution in [0, 0.1) is 0 Å². The fraction of sp³-hybridized carbons (Fsp3) is 0.250. The number of hydrogen-bond donors (Lipinski definition) is 2. The van der Waals surface area contributed by atoms with Gasteiger partial charge < -0.3 is 10.4 Å². The number of phenols is 1. The molecule has 2 heteroatoms. The van der Waals surface area contributed by atoms with Crippen LogP contribution in [-0.4, -0.2) is 11.7 Å². The molecule has 18 heavy (non-hydrogen) atoms. The fourth-order valence-corrected chi connectivity index (χ4v) is 1.91. The third-order valence-corrected chi connectivity index (χ3v) is 2.93. The molecule has 0 aliphatic rings. The Morgan fingerprint density at radius 2 is 1.56 bits per heavy atom. The summed E-state index contributed by atoms with van der Waals surface area (Å²) in [5.74, 6) is 0.334. The van der Waals surface area contributed by atoms with E-state index in [1.54, 1.807) is 12.1 Å². The second-order valence-corrected chi connectivity index (χ2v) is 4.43. The first-order chi connectivity index (χ1) is 8.84. The molecule has 0 saturated heterocycles. The summed E-state index contributed by atoms with van der Waals surface area (Å²) >= 11 is 0. The molecule has 0 bridgehead atoms. The van der Waals surface area contributed by atoms with Crippen LogP contribution < -0.4 is 5.32 Å². The van der Waals surface area contributed by atoms with Crippen molar-refractivity contribution in [3.8, 4) is 5.75 Å². The molecule has 2 nitrogen and oxygen atoms in total. The van der Waals surface area contributed by atoms with Crippen LogP contribution in [0.1, 0.15) is 17.5 Å². The second-order valence-electron chi connectivity index (χ2n) is 4.43. The molecular formula is C16H19NO. The van der Waals surface area contributed by atoms with Gasteiger partial charge in [0.05, 0.1) is 0 Å². The summed E-state index contributed by atoms with van der Waals surface area (Å²) in [6.45, 7) is 1.94. The standard InChI is InChI=1S/C16H19NO/c18-16-10-8-14(9-11-16)7-4-12-17-13-15-5-2-1-3-6-15/h1-3,5-6,8-11,17-18H,4,7,12-13H2. The molecule has 0 radical (unpaired) electrons. The molecule has 0 aromatic heterocycles. The topological polar surface area (TPSA) is 32.3 Å². The van der Waals surface area contributed by atoms with Crippen molar-refractivity contribution in [1.29, 1.82) is 0 Å². The number of hydrogen-bond acceptors (Lipinski definition) is 2. The van der Waals surface area contributed by atoms with Crippen molar-refractivity contribution in [3.05, 3.63) is 65.7 Å². The van der Waals surface area contributed by atoms with Crippen molar-refractivity contribution in [3.63, 3.8) is 0 Å². The minimum atomic E-state index is 0.334. The van der Waals surface area contributed by atoms with E-state index in [9.17, 15) is 5.11 Å². The molecule has 0 spiro atoms. The van der Waals surface area contributed by atoms with E-state index in [0.29, 0.717) is 5.75 Å². The molecule has 0 heterocycles. The molecule has 2 aromatic rings. The molecule has 0 amide bonds. The third-order valence-electron chi connectivity index (χ3n) is 2.93. The molecule has 0 fully saturated rings. The van der Waals surface area contributed by atoms with Gasteiger partial charge in [0.25, 0.3) is 0 Å². The second kappa shape index (κ2) is 6.82. The zero-order valence-electron chi connectivity index (χ0n) is 10.5. The van der Waals surface area contributed by atoms with E-state index < -0.39 is 0 Å². The lowest BCUT2D eigenvalue weighted by molar-refractivity contribution is 0.475. The summed E-state index contributed by atoms with van der Waals surface area (Å²) in [6, 6.07) is 17.9. The van der Waals surface area contributed by atoms with Gasteiger partial charge in [-0.1, -0.05) is 42.5 Å². The smallest absolute Gasteiger partial charge is 0.115 e. The zero-order valence-corrected chi connectivity index (χ0v) is 10.5. The maximum absolute atomic E-state index is 9.18. The largest absolute Gasteiger partial charge is 0.508 e. The fourth-order valence-electron chi connectivity index (χ4n) is 1.91. The monoisotopic (exact) mass is 241 g/mol. The van der Waals surface area contributed by atoms with Crippen molar-refractivity contribution in [2.45, 2.75) is 19.4 Å². The summed E-state index contributed by atoms with van der Waals surface area (Å²) in [5.41, 5.74) is 2.59. The average Bonchev–Trinajstić information content (AvgIpc) is 2.42. The predicted molar refractivity (Wildman–Crippen MR) is 74.6 cm³/mol. The van der Waals surface area contributed by atoms with Crippen LogP contribution in [0.15, 0.2) is 54.6 Å². The first-order valence-electron chi connectivity index (χ1n) is 6.37. The molecule has 2 N–H and O–H groups in total. The van der Waals surface area contributed by atoms with E-state index in [1.807, 2.05) is 18.2 Å². The first-order valence-corrected chi connectivity index (χ1v) is 6.37. The summed E-state index contributed by atoms with van der Waals surface area (Å²) in [4.78, 5) is 0. The van der Waals surface area contributed by atoms with Crippen molar-refractivity contribution in [2.75, 3.05) is 6.54 Å². The van der Waals surface area contributed by atoms with Crippen LogP contribution in [0.4, 0.5) is 0 Å². The Hall–Kier alpha value is -1.80. The Labute approximate surface area is 108 Å². The average molecular weight is 241 g/mol. The van der Waals surface area contributed by atoms with Crippen molar-refractivity contribution >= 4 is 0 Å². The Bertz CT molecular complexity index is 450. The lowest BCUT2D eigenvalue weighted by atomic mass is 10.1. The van der Waals surface area contributed by atoms with Gasteiger partial charge in [0.2, 0.25) is 0 Å². The quantitative estimate of drug-likeness (QED) is 0.762. The number of nitrogens with one attached hydrogen (secondary N) is 1. The zero-order chi connectivity index (χ0) is 12.6. The Balaban J connectivity index is 1.63. The SMILES string of the molecule is Oc1ccc(CCCNCc2ccccc2)cc1. The van der Waals surface area contributed by atoms with Gasteiger partial charge in [-0.25, -0.2) is 0 Å². The van der Waals surface area contributed by atoms with Crippen molar-refractivity contribution < 1.29 is 5.11 Å². The van der Waals surface area contributed by atoms with Gasteiger partial charge in [-0.15, -0.1) is 0 Å². The van der Waals surface area contributed by atoms with Crippen LogP contribution in [0.5, 0.6) is 5.75 Å². The van der Waals surface area contributed by atoms with Gasteiger partial charge in [0, 0.05) is 6.54 Å². The Morgan fingerprint density at radius 1 is 0.833 bits per heavy atom. The maximum Gasteiger partial charge on any atom is 0.115 e. The van der Waals surface area contributed by atoms with Gasteiger partial charge >= 0.3 is 0 Å². The van der Waals surface area contributed by atoms with Crippen molar-refractivity contribution in [2.24, 2.45) is 0 Å². The van der Waals surface area contributed by atoms with Gasteiger partial charge in [-0.3, -0.25) is 0 Å². The van der Waals surface area contributed by atoms with E-state index in [0.717, 1.165) is 25.9 Å². The highest BCUT2D eigenvalue weighted by Gasteiger charge is 1.94. The molecule has 0 saturated carbocycles. The van der Waals surface area contributed by atoms with E-state index in [4.69, 9.17) is 0 Å². The molecule has 0 aliphatic heterocycles. The summed E-state index contributed by atoms with van der Waals surface area (Å²) in [7, 11) is 0. The summed E-state index contributed by atoms with van der Waals surface area (Å²) < 4.78 is 0. The van der Waals surface area contributed by atoms with E-state index in [2.05, 4.69) is 29.6 Å². The van der Waals surface area contributed by atoms with Gasteiger partial charge in [-0.05, 0) is 42.6 Å². The molecule has 0 atom stereocenters. The van der Waals surface area contributed by atoms with Gasteiger partial charge in [0.1, 0.15) is 5.75 Å². The van der Waals surface area contributed by atoms with Gasteiger partial charge in [-0.2, -0.15) is 0 Å². The van der Waals surface area contributed by atoms with Crippen LogP contribution in [0.2, 0.25) is 0 Å². The number of phenolic OH excluding ortho intramolecular Hbond substituents is 1. The summed E-state index contributed by atoms with van der Waals surface area (Å²) in [6.07, 6.45) is 2.15. The molecule has 2 rings (SSSR count). The predicted octanol–water partition coefficient (Wildman–Crippen LogP) is 3.11. The van der Waals surface area contributed by atoms with Crippen molar-refractivity contribution in [1.82, 2.24) is 5.32 Å². The lowest BCUT2D eigenvalue weighted by Gasteiger charge is -2.05. The molecular weight excluding hydrogens is 222 g/mol. The Morgan fingerprint density at radius 3 is 2.28 bits per heavy atom. The van der Waals surface area contributed by atoms with Crippen LogP contribution >= 0.6 is 0 Å². The Kier molecular flexibility index (Phi) is 4.79. The highest BCUT2D eigenvalue weighted by Crippen LogP contribution is 2.10. The molecule has 0 aliphatic carbocycles. The number of aryl methyl sites for hydroxylation is 1. The normalized spacial score (nSPS) is 10.4. The lowest BCUT2D eigenvalue weighted by Crippen LogP contribution is -2.15. The van der Waals surface area contributed by atoms with E-state index >= 15 is 0 Å². The number of aromatic hydroxyl groups is 1. The highest BCUT2D eigenvalue weighted by molar-refractivity contribution is 5.25. The minimum absolute atomic E-state index is 0.334. The molecule has 94 valence electrons. The molecule has 0 unspecified atom stereocenters. The summed E-state index contributed by atoms with van der Waals surface area (Å²) in [5, 5.41) is 12.6. The number of rotatable bonds is 6. The number of benzene rings is 2. The maximum atomic E-state index is 9.18. The highest BCUT2D eigenvalue weighted by atomic mass is 16.3. The van der Waals surface area contributed by atoms with Crippen LogP contribution in [0.25, 0.3) is 0 Å². The van der Waals surface area contributed by atoms with Gasteiger partial charge in [0.15, 0.2) is 0 Å². The third kappa shape index (κ3) is 4.22. The molecule has 2 aromatic carbocycles. The van der Waals surface area contributed by atoms with E-state index in [-0.39, 0.29) is 0 Å². The minimum Gasteiger partial charge on any atom is -0.508 e. The van der Waals surface area contributed by atoms with Crippen LogP contribution in [-0.2, 0) is 13.0 Å². The van der Waals surface area contributed by atoms with E-state index in [1.165, 1.54) is 11.1 Å². The first kappa shape index (κ1) is 12.7. The van der Waals surface area contributed by atoms with Crippen LogP contribution in [0.3, 0.4) is 0 Å².